The largest absolute Gasteiger partial charge is 0.324 e. The van der Waals surface area contributed by atoms with Crippen LogP contribution < -0.4 is 10.9 Å². The SMILES string of the molecule is O=C(Nc1ccc(-c2cc(=O)[nH][nH]2)cc1)C1SCCCS1. The molecule has 0 saturated carbocycles. The van der Waals surface area contributed by atoms with Gasteiger partial charge >= 0.3 is 0 Å². The van der Waals surface area contributed by atoms with E-state index < -0.39 is 0 Å². The average molecular weight is 321 g/mol. The molecule has 0 atom stereocenters. The number of hydrogen-bond acceptors (Lipinski definition) is 4. The second-order valence-electron chi connectivity index (χ2n) is 4.67. The Bertz CT molecular complexity index is 672. The molecule has 2 heterocycles. The molecule has 0 bridgehead atoms. The molecule has 0 spiro atoms. The lowest BCUT2D eigenvalue weighted by Gasteiger charge is -2.20. The van der Waals surface area contributed by atoms with E-state index in [-0.39, 0.29) is 16.0 Å². The number of amides is 1. The van der Waals surface area contributed by atoms with E-state index >= 15 is 0 Å². The molecule has 3 N–H and O–H groups in total. The first kappa shape index (κ1) is 14.3. The number of carbonyl (C=O) groups excluding carboxylic acids is 1. The molecule has 0 unspecified atom stereocenters. The third-order valence-corrected chi connectivity index (χ3v) is 6.00. The highest BCUT2D eigenvalue weighted by molar-refractivity contribution is 8.18. The summed E-state index contributed by atoms with van der Waals surface area (Å²) in [4.78, 5) is 23.2. The Kier molecular flexibility index (Phi) is 4.40. The zero-order valence-electron chi connectivity index (χ0n) is 11.2. The van der Waals surface area contributed by atoms with E-state index in [1.807, 2.05) is 24.3 Å². The summed E-state index contributed by atoms with van der Waals surface area (Å²) in [5, 5.41) is 8.24. The van der Waals surface area contributed by atoms with Crippen molar-refractivity contribution < 1.29 is 4.79 Å². The minimum atomic E-state index is -0.159. The lowest BCUT2D eigenvalue weighted by atomic mass is 10.1. The monoisotopic (exact) mass is 321 g/mol. The number of H-pyrrole nitrogens is 2. The van der Waals surface area contributed by atoms with Crippen LogP contribution in [-0.4, -0.2) is 32.2 Å². The lowest BCUT2D eigenvalue weighted by molar-refractivity contribution is -0.114. The van der Waals surface area contributed by atoms with Crippen molar-refractivity contribution in [3.63, 3.8) is 0 Å². The van der Waals surface area contributed by atoms with Crippen LogP contribution in [0, 0.1) is 0 Å². The van der Waals surface area contributed by atoms with Crippen LogP contribution in [0.15, 0.2) is 35.1 Å². The number of hydrogen-bond donors (Lipinski definition) is 3. The number of anilines is 1. The molecule has 1 aliphatic rings. The van der Waals surface area contributed by atoms with Gasteiger partial charge in [0.1, 0.15) is 4.58 Å². The number of aromatic nitrogens is 2. The minimum Gasteiger partial charge on any atom is -0.324 e. The molecule has 0 radical (unpaired) electrons. The van der Waals surface area contributed by atoms with Gasteiger partial charge in [0.15, 0.2) is 0 Å². The molecule has 1 fully saturated rings. The van der Waals surface area contributed by atoms with Crippen LogP contribution in [-0.2, 0) is 4.79 Å². The summed E-state index contributed by atoms with van der Waals surface area (Å²) in [6, 6.07) is 8.93. The summed E-state index contributed by atoms with van der Waals surface area (Å²) in [5.41, 5.74) is 2.24. The van der Waals surface area contributed by atoms with Crippen molar-refractivity contribution in [2.24, 2.45) is 0 Å². The second-order valence-corrected chi connectivity index (χ2v) is 7.39. The average Bonchev–Trinajstić information content (AvgIpc) is 2.95. The molecule has 5 nitrogen and oxygen atoms in total. The number of aromatic amines is 2. The molecule has 1 amide bonds. The lowest BCUT2D eigenvalue weighted by Crippen LogP contribution is -2.25. The van der Waals surface area contributed by atoms with Crippen LogP contribution in [0.2, 0.25) is 0 Å². The Morgan fingerprint density at radius 2 is 1.86 bits per heavy atom. The molecular formula is C14H15N3O2S2. The van der Waals surface area contributed by atoms with Gasteiger partial charge in [-0.1, -0.05) is 12.1 Å². The minimum absolute atomic E-state index is 0.0144. The Morgan fingerprint density at radius 3 is 2.48 bits per heavy atom. The third-order valence-electron chi connectivity index (χ3n) is 3.10. The number of benzene rings is 1. The van der Waals surface area contributed by atoms with E-state index in [0.29, 0.717) is 0 Å². The number of thioether (sulfide) groups is 2. The molecule has 2 aromatic rings. The highest BCUT2D eigenvalue weighted by atomic mass is 32.2. The smallest absolute Gasteiger partial charge is 0.264 e. The van der Waals surface area contributed by atoms with Gasteiger partial charge in [0.05, 0.1) is 5.69 Å². The molecule has 1 aliphatic heterocycles. The van der Waals surface area contributed by atoms with E-state index in [2.05, 4.69) is 15.5 Å². The van der Waals surface area contributed by atoms with Crippen LogP contribution in [0.4, 0.5) is 5.69 Å². The van der Waals surface area contributed by atoms with E-state index in [1.54, 1.807) is 23.5 Å². The fraction of sp³-hybridized carbons (Fsp3) is 0.286. The van der Waals surface area contributed by atoms with Crippen LogP contribution in [0.25, 0.3) is 11.3 Å². The van der Waals surface area contributed by atoms with Crippen molar-refractivity contribution in [1.82, 2.24) is 10.2 Å². The molecule has 1 aromatic heterocycles. The number of carbonyl (C=O) groups is 1. The van der Waals surface area contributed by atoms with Crippen molar-refractivity contribution in [3.05, 3.63) is 40.7 Å². The Labute approximate surface area is 130 Å². The number of nitrogens with one attached hydrogen (secondary N) is 3. The van der Waals surface area contributed by atoms with Crippen molar-refractivity contribution in [3.8, 4) is 11.3 Å². The van der Waals surface area contributed by atoms with Gasteiger partial charge < -0.3 is 5.32 Å². The highest BCUT2D eigenvalue weighted by Crippen LogP contribution is 2.31. The topological polar surface area (TPSA) is 77.8 Å². The summed E-state index contributed by atoms with van der Waals surface area (Å²) in [6.45, 7) is 0. The molecular weight excluding hydrogens is 306 g/mol. The number of rotatable bonds is 3. The summed E-state index contributed by atoms with van der Waals surface area (Å²) in [6.07, 6.45) is 1.17. The van der Waals surface area contributed by atoms with Crippen LogP contribution in [0.5, 0.6) is 0 Å². The van der Waals surface area contributed by atoms with Gasteiger partial charge in [-0.3, -0.25) is 19.8 Å². The molecule has 1 saturated heterocycles. The van der Waals surface area contributed by atoms with E-state index in [0.717, 1.165) is 28.5 Å². The maximum atomic E-state index is 12.1. The van der Waals surface area contributed by atoms with Gasteiger partial charge in [0.2, 0.25) is 5.91 Å². The summed E-state index contributed by atoms with van der Waals surface area (Å²) in [7, 11) is 0. The molecule has 7 heteroatoms. The normalized spacial score (nSPS) is 15.8. The van der Waals surface area contributed by atoms with Gasteiger partial charge in [0, 0.05) is 11.8 Å². The predicted molar refractivity (Wildman–Crippen MR) is 88.8 cm³/mol. The van der Waals surface area contributed by atoms with E-state index in [1.165, 1.54) is 12.5 Å². The fourth-order valence-electron chi connectivity index (χ4n) is 2.06. The first-order valence-electron chi connectivity index (χ1n) is 6.64. The van der Waals surface area contributed by atoms with Gasteiger partial charge in [0.25, 0.3) is 5.56 Å². The van der Waals surface area contributed by atoms with E-state index in [4.69, 9.17) is 0 Å². The van der Waals surface area contributed by atoms with E-state index in [9.17, 15) is 9.59 Å². The van der Waals surface area contributed by atoms with Gasteiger partial charge in [-0.15, -0.1) is 23.5 Å². The van der Waals surface area contributed by atoms with Crippen molar-refractivity contribution in [2.75, 3.05) is 16.8 Å². The molecule has 0 aliphatic carbocycles. The molecule has 3 rings (SSSR count). The first-order valence-corrected chi connectivity index (χ1v) is 8.74. The second kappa shape index (κ2) is 6.44. The molecule has 110 valence electrons. The fourth-order valence-corrected chi connectivity index (χ4v) is 4.68. The zero-order valence-corrected chi connectivity index (χ0v) is 12.9. The maximum Gasteiger partial charge on any atom is 0.264 e. The summed E-state index contributed by atoms with van der Waals surface area (Å²) in [5.74, 6) is 2.14. The first-order chi connectivity index (χ1) is 10.2. The maximum absolute atomic E-state index is 12.1. The van der Waals surface area contributed by atoms with Gasteiger partial charge in [-0.2, -0.15) is 0 Å². The Hall–Kier alpha value is -1.60. The van der Waals surface area contributed by atoms with Crippen LogP contribution in [0.3, 0.4) is 0 Å². The Balaban J connectivity index is 1.66. The van der Waals surface area contributed by atoms with Gasteiger partial charge in [-0.05, 0) is 35.6 Å². The quantitative estimate of drug-likeness (QED) is 0.812. The van der Waals surface area contributed by atoms with Crippen molar-refractivity contribution >= 4 is 35.1 Å². The molecule has 1 aromatic carbocycles. The van der Waals surface area contributed by atoms with Crippen molar-refractivity contribution in [2.45, 2.75) is 11.0 Å². The van der Waals surface area contributed by atoms with Crippen molar-refractivity contribution in [1.29, 1.82) is 0 Å². The predicted octanol–water partition coefficient (Wildman–Crippen LogP) is 2.50. The van der Waals surface area contributed by atoms with Crippen LogP contribution in [0.1, 0.15) is 6.42 Å². The summed E-state index contributed by atoms with van der Waals surface area (Å²) >= 11 is 3.40. The summed E-state index contributed by atoms with van der Waals surface area (Å²) < 4.78 is -0.0144. The van der Waals surface area contributed by atoms with Crippen LogP contribution >= 0.6 is 23.5 Å². The zero-order chi connectivity index (χ0) is 14.7. The Morgan fingerprint density at radius 1 is 1.14 bits per heavy atom. The third kappa shape index (κ3) is 3.54. The van der Waals surface area contributed by atoms with Gasteiger partial charge in [-0.25, -0.2) is 0 Å². The highest BCUT2D eigenvalue weighted by Gasteiger charge is 2.22. The molecule has 21 heavy (non-hydrogen) atoms. The standard InChI is InChI=1S/C14H15N3O2S2/c18-12-8-11(16-17-12)9-2-4-10(5-3-9)15-13(19)14-20-6-1-7-21-14/h2-5,8,14H,1,6-7H2,(H,15,19)(H2,16,17,18).